The zero-order valence-electron chi connectivity index (χ0n) is 20.8. The van der Waals surface area contributed by atoms with E-state index in [4.69, 9.17) is 0 Å². The summed E-state index contributed by atoms with van der Waals surface area (Å²) in [5.41, 5.74) is 2.29. The van der Waals surface area contributed by atoms with Crippen LogP contribution in [-0.2, 0) is 24.2 Å². The zero-order chi connectivity index (χ0) is 28.4. The summed E-state index contributed by atoms with van der Waals surface area (Å²) < 4.78 is 82.0. The number of rotatable bonds is 9. The molecule has 0 saturated carbocycles. The molecule has 4 aromatic rings. The minimum atomic E-state index is -3.09. The van der Waals surface area contributed by atoms with Gasteiger partial charge in [-0.3, -0.25) is 14.8 Å². The molecule has 0 fully saturated rings. The van der Waals surface area contributed by atoms with E-state index in [0.717, 1.165) is 34.2 Å². The lowest BCUT2D eigenvalue weighted by atomic mass is 9.95. The number of allylic oxidation sites excluding steroid dienone is 1. The van der Waals surface area contributed by atoms with Crippen LogP contribution in [0.5, 0.6) is 0 Å². The lowest BCUT2D eigenvalue weighted by Gasteiger charge is -2.22. The predicted molar refractivity (Wildman–Crippen MR) is 135 cm³/mol. The highest BCUT2D eigenvalue weighted by molar-refractivity contribution is 5.77. The average Bonchev–Trinajstić information content (AvgIpc) is 3.54. The molecule has 1 aliphatic carbocycles. The second kappa shape index (κ2) is 11.4. The van der Waals surface area contributed by atoms with Gasteiger partial charge in [0, 0.05) is 47.8 Å². The monoisotopic (exact) mass is 556 g/mol. The summed E-state index contributed by atoms with van der Waals surface area (Å²) in [6, 6.07) is 7.98. The molecule has 5 rings (SSSR count). The molecule has 3 heterocycles. The van der Waals surface area contributed by atoms with Crippen LogP contribution >= 0.6 is 0 Å². The third-order valence-corrected chi connectivity index (χ3v) is 6.53. The Hall–Kier alpha value is -4.41. The molecule has 0 radical (unpaired) electrons. The molecule has 1 aliphatic rings. The number of alkyl halides is 4. The first-order valence-corrected chi connectivity index (χ1v) is 12.3. The second-order valence-corrected chi connectivity index (χ2v) is 9.33. The summed E-state index contributed by atoms with van der Waals surface area (Å²) in [6.07, 6.45) is 2.38. The third-order valence-electron chi connectivity index (χ3n) is 6.53. The average molecular weight is 557 g/mol. The van der Waals surface area contributed by atoms with Gasteiger partial charge < -0.3 is 9.88 Å². The summed E-state index contributed by atoms with van der Waals surface area (Å²) >= 11 is 0. The van der Waals surface area contributed by atoms with Gasteiger partial charge in [-0.15, -0.1) is 0 Å². The van der Waals surface area contributed by atoms with Gasteiger partial charge in [-0.2, -0.15) is 0 Å². The predicted octanol–water partition coefficient (Wildman–Crippen LogP) is 6.77. The standard InChI is InChI=1S/C29H22F6N4O/c30-20-7-16(8-21(31)12-20)9-24(38-26(40)15-39-14-19(28(32)33)11-25(39)29(34)35)27-22(4-2-6-36-27)18-10-17-3-1-5-23(17)37-13-18/h1-4,6-8,10-14,24,28-29H,5,9,15H2,(H,38,40)/t24-/m0/s1. The summed E-state index contributed by atoms with van der Waals surface area (Å²) in [4.78, 5) is 22.1. The summed E-state index contributed by atoms with van der Waals surface area (Å²) in [6.45, 7) is -0.687. The number of nitrogens with zero attached hydrogens (tertiary/aromatic N) is 3. The number of pyridine rings is 2. The maximum absolute atomic E-state index is 14.0. The van der Waals surface area contributed by atoms with Crippen molar-refractivity contribution in [3.05, 3.63) is 113 Å². The van der Waals surface area contributed by atoms with Crippen LogP contribution in [0.2, 0.25) is 0 Å². The summed E-state index contributed by atoms with van der Waals surface area (Å²) in [7, 11) is 0. The largest absolute Gasteiger partial charge is 0.346 e. The molecule has 0 saturated heterocycles. The number of benzene rings is 1. The van der Waals surface area contributed by atoms with Gasteiger partial charge in [-0.05, 0) is 47.9 Å². The molecule has 0 spiro atoms. The lowest BCUT2D eigenvalue weighted by molar-refractivity contribution is -0.122. The number of halogens is 6. The van der Waals surface area contributed by atoms with Gasteiger partial charge in [0.2, 0.25) is 5.91 Å². The first kappa shape index (κ1) is 27.2. The highest BCUT2D eigenvalue weighted by Gasteiger charge is 2.25. The minimum Gasteiger partial charge on any atom is -0.346 e. The zero-order valence-corrected chi connectivity index (χ0v) is 20.8. The molecule has 0 unspecified atom stereocenters. The van der Waals surface area contributed by atoms with Crippen molar-refractivity contribution in [2.24, 2.45) is 0 Å². The second-order valence-electron chi connectivity index (χ2n) is 9.33. The topological polar surface area (TPSA) is 59.8 Å². The molecule has 5 nitrogen and oxygen atoms in total. The van der Waals surface area contributed by atoms with Gasteiger partial charge in [0.05, 0.1) is 23.1 Å². The SMILES string of the molecule is O=C(Cn1cc(C(F)F)cc1C(F)F)N[C@@H](Cc1cc(F)cc(F)c1)c1ncccc1-c1cnc2c(c1)C=CC2. The van der Waals surface area contributed by atoms with Crippen molar-refractivity contribution >= 4 is 12.0 Å². The van der Waals surface area contributed by atoms with Crippen molar-refractivity contribution in [2.75, 3.05) is 0 Å². The van der Waals surface area contributed by atoms with E-state index in [1.165, 1.54) is 6.20 Å². The van der Waals surface area contributed by atoms with Gasteiger partial charge in [-0.25, -0.2) is 26.3 Å². The van der Waals surface area contributed by atoms with Crippen LogP contribution < -0.4 is 5.32 Å². The Balaban J connectivity index is 1.50. The Morgan fingerprint density at radius 1 is 1.00 bits per heavy atom. The number of carbonyl (C=O) groups excluding carboxylic acids is 1. The molecular weight excluding hydrogens is 534 g/mol. The number of carbonyl (C=O) groups is 1. The molecule has 1 amide bonds. The van der Waals surface area contributed by atoms with Crippen LogP contribution in [0.3, 0.4) is 0 Å². The lowest BCUT2D eigenvalue weighted by Crippen LogP contribution is -2.34. The molecule has 1 atom stereocenters. The van der Waals surface area contributed by atoms with E-state index in [1.807, 2.05) is 18.2 Å². The van der Waals surface area contributed by atoms with E-state index in [-0.39, 0.29) is 12.0 Å². The van der Waals surface area contributed by atoms with Crippen molar-refractivity contribution in [2.45, 2.75) is 38.3 Å². The molecule has 0 bridgehead atoms. The summed E-state index contributed by atoms with van der Waals surface area (Å²) in [5, 5.41) is 2.70. The molecule has 1 N–H and O–H groups in total. The van der Waals surface area contributed by atoms with Crippen LogP contribution in [0, 0.1) is 11.6 Å². The number of amides is 1. The molecule has 0 aliphatic heterocycles. The minimum absolute atomic E-state index is 0.0988. The van der Waals surface area contributed by atoms with Crippen molar-refractivity contribution in [1.82, 2.24) is 19.9 Å². The number of hydrogen-bond acceptors (Lipinski definition) is 3. The highest BCUT2D eigenvalue weighted by Crippen LogP contribution is 2.32. The Labute approximate surface area is 225 Å². The quantitative estimate of drug-likeness (QED) is 0.232. The Morgan fingerprint density at radius 2 is 1.77 bits per heavy atom. The Morgan fingerprint density at radius 3 is 2.50 bits per heavy atom. The van der Waals surface area contributed by atoms with Crippen LogP contribution in [0.4, 0.5) is 26.3 Å². The third kappa shape index (κ3) is 5.93. The van der Waals surface area contributed by atoms with E-state index in [2.05, 4.69) is 15.3 Å². The number of fused-ring (bicyclic) bond motifs is 1. The number of hydrogen-bond donors (Lipinski definition) is 1. The van der Waals surface area contributed by atoms with Crippen molar-refractivity contribution in [3.63, 3.8) is 0 Å². The molecular formula is C29H22F6N4O. The molecule has 40 heavy (non-hydrogen) atoms. The van der Waals surface area contributed by atoms with E-state index in [9.17, 15) is 31.1 Å². The first-order chi connectivity index (χ1) is 19.2. The summed E-state index contributed by atoms with van der Waals surface area (Å²) in [5.74, 6) is -2.42. The Bertz CT molecular complexity index is 1560. The number of aromatic nitrogens is 3. The van der Waals surface area contributed by atoms with E-state index >= 15 is 0 Å². The van der Waals surface area contributed by atoms with Crippen molar-refractivity contribution < 1.29 is 31.1 Å². The van der Waals surface area contributed by atoms with Gasteiger partial charge in [0.1, 0.15) is 18.2 Å². The van der Waals surface area contributed by atoms with E-state index in [0.29, 0.717) is 35.4 Å². The molecule has 11 heteroatoms. The van der Waals surface area contributed by atoms with Crippen LogP contribution in [0.25, 0.3) is 17.2 Å². The Kier molecular flexibility index (Phi) is 7.72. The first-order valence-electron chi connectivity index (χ1n) is 12.3. The van der Waals surface area contributed by atoms with E-state index < -0.39 is 54.2 Å². The fourth-order valence-corrected chi connectivity index (χ4v) is 4.77. The maximum Gasteiger partial charge on any atom is 0.278 e. The van der Waals surface area contributed by atoms with Gasteiger partial charge >= 0.3 is 0 Å². The number of nitrogens with one attached hydrogen (secondary N) is 1. The molecule has 3 aromatic heterocycles. The van der Waals surface area contributed by atoms with Gasteiger partial charge in [0.15, 0.2) is 0 Å². The van der Waals surface area contributed by atoms with Gasteiger partial charge in [0.25, 0.3) is 12.9 Å². The fourth-order valence-electron chi connectivity index (χ4n) is 4.77. The van der Waals surface area contributed by atoms with E-state index in [1.54, 1.807) is 18.3 Å². The van der Waals surface area contributed by atoms with Crippen molar-refractivity contribution in [3.8, 4) is 11.1 Å². The molecule has 206 valence electrons. The van der Waals surface area contributed by atoms with Crippen LogP contribution in [0.15, 0.2) is 67.1 Å². The normalized spacial score (nSPS) is 13.2. The smallest absolute Gasteiger partial charge is 0.278 e. The highest BCUT2D eigenvalue weighted by atomic mass is 19.3. The van der Waals surface area contributed by atoms with Crippen LogP contribution in [0.1, 0.15) is 52.7 Å². The van der Waals surface area contributed by atoms with Crippen molar-refractivity contribution in [1.29, 1.82) is 0 Å². The molecule has 1 aromatic carbocycles. The maximum atomic E-state index is 14.0. The fraction of sp³-hybridized carbons (Fsp3) is 0.207. The van der Waals surface area contributed by atoms with Crippen LogP contribution in [-0.4, -0.2) is 20.4 Å². The van der Waals surface area contributed by atoms with Gasteiger partial charge in [-0.1, -0.05) is 18.2 Å².